The third kappa shape index (κ3) is 4.00. The van der Waals surface area contributed by atoms with E-state index in [-0.39, 0.29) is 0 Å². The van der Waals surface area contributed by atoms with Gasteiger partial charge in [0.15, 0.2) is 0 Å². The van der Waals surface area contributed by atoms with Crippen molar-refractivity contribution in [3.8, 4) is 0 Å². The zero-order valence-corrected chi connectivity index (χ0v) is 14.0. The Hall–Kier alpha value is -0.120. The monoisotopic (exact) mass is 293 g/mol. The maximum atomic E-state index is 3.88. The van der Waals surface area contributed by atoms with E-state index >= 15 is 0 Å². The Morgan fingerprint density at radius 3 is 2.57 bits per heavy atom. The molecule has 3 atom stereocenters. The molecule has 3 unspecified atom stereocenters. The normalized spacial score (nSPS) is 36.1. The van der Waals surface area contributed by atoms with Gasteiger partial charge >= 0.3 is 0 Å². The average Bonchev–Trinajstić information content (AvgIpc) is 2.78. The fourth-order valence-electron chi connectivity index (χ4n) is 4.77. The molecule has 122 valence electrons. The molecule has 3 fully saturated rings. The lowest BCUT2D eigenvalue weighted by Gasteiger charge is -2.48. The van der Waals surface area contributed by atoms with E-state index in [1.165, 1.54) is 90.5 Å². The third-order valence-corrected chi connectivity index (χ3v) is 5.97. The Morgan fingerprint density at radius 1 is 0.857 bits per heavy atom. The maximum Gasteiger partial charge on any atom is 0.0250 e. The molecule has 3 aliphatic rings. The predicted octanol–water partition coefficient (Wildman–Crippen LogP) is 2.86. The van der Waals surface area contributed by atoms with Gasteiger partial charge in [0, 0.05) is 37.8 Å². The number of piperazine rings is 1. The first-order valence-corrected chi connectivity index (χ1v) is 9.60. The molecule has 0 aromatic carbocycles. The van der Waals surface area contributed by atoms with Crippen LogP contribution in [0.1, 0.15) is 64.7 Å². The van der Waals surface area contributed by atoms with Crippen LogP contribution in [-0.4, -0.2) is 60.6 Å². The topological polar surface area (TPSA) is 18.5 Å². The van der Waals surface area contributed by atoms with Gasteiger partial charge in [-0.15, -0.1) is 0 Å². The van der Waals surface area contributed by atoms with Gasteiger partial charge in [0.25, 0.3) is 0 Å². The molecule has 0 bridgehead atoms. The molecular formula is C18H35N3. The molecule has 3 nitrogen and oxygen atoms in total. The fraction of sp³-hybridized carbons (Fsp3) is 1.00. The molecular weight excluding hydrogens is 258 g/mol. The lowest BCUT2D eigenvalue weighted by molar-refractivity contribution is 0.0161. The molecule has 0 aromatic heterocycles. The Bertz CT molecular complexity index is 307. The van der Waals surface area contributed by atoms with E-state index in [1.807, 2.05) is 0 Å². The minimum absolute atomic E-state index is 0.752. The van der Waals surface area contributed by atoms with Crippen molar-refractivity contribution in [2.75, 3.05) is 32.7 Å². The summed E-state index contributed by atoms with van der Waals surface area (Å²) < 4.78 is 0. The molecule has 1 aliphatic carbocycles. The average molecular weight is 293 g/mol. The van der Waals surface area contributed by atoms with E-state index in [4.69, 9.17) is 0 Å². The van der Waals surface area contributed by atoms with Gasteiger partial charge in [0.05, 0.1) is 0 Å². The number of nitrogens with zero attached hydrogens (tertiary/aromatic N) is 2. The van der Waals surface area contributed by atoms with E-state index in [9.17, 15) is 0 Å². The molecule has 1 saturated carbocycles. The molecule has 1 N–H and O–H groups in total. The largest absolute Gasteiger partial charge is 0.312 e. The van der Waals surface area contributed by atoms with Crippen molar-refractivity contribution in [3.63, 3.8) is 0 Å². The summed E-state index contributed by atoms with van der Waals surface area (Å²) in [5.74, 6) is 0. The second-order valence-corrected chi connectivity index (χ2v) is 7.45. The highest BCUT2D eigenvalue weighted by Gasteiger charge is 2.35. The lowest BCUT2D eigenvalue weighted by Crippen LogP contribution is -2.60. The van der Waals surface area contributed by atoms with Crippen LogP contribution in [0.2, 0.25) is 0 Å². The Labute approximate surface area is 131 Å². The first-order valence-electron chi connectivity index (χ1n) is 9.60. The minimum Gasteiger partial charge on any atom is -0.312 e. The Morgan fingerprint density at radius 2 is 1.67 bits per heavy atom. The van der Waals surface area contributed by atoms with Crippen LogP contribution in [0, 0.1) is 0 Å². The minimum atomic E-state index is 0.752. The molecule has 0 amide bonds. The molecule has 0 aromatic rings. The molecule has 2 saturated heterocycles. The van der Waals surface area contributed by atoms with Gasteiger partial charge in [-0.05, 0) is 45.2 Å². The first-order chi connectivity index (χ1) is 10.4. The van der Waals surface area contributed by atoms with Crippen molar-refractivity contribution in [2.24, 2.45) is 0 Å². The van der Waals surface area contributed by atoms with E-state index in [2.05, 4.69) is 22.0 Å². The standard InChI is InChI=1S/C18H35N3/c1-2-11-19-17-9-4-3-5-10-18(17)21-14-13-20-12-7-6-8-16(20)15-21/h16-19H,2-15H2,1H3. The highest BCUT2D eigenvalue weighted by atomic mass is 15.3. The zero-order chi connectivity index (χ0) is 14.5. The summed E-state index contributed by atoms with van der Waals surface area (Å²) in [7, 11) is 0. The second kappa shape index (κ2) is 7.94. The summed E-state index contributed by atoms with van der Waals surface area (Å²) in [5, 5.41) is 3.88. The van der Waals surface area contributed by atoms with Crippen LogP contribution in [0.15, 0.2) is 0 Å². The SMILES string of the molecule is CCCNC1CCCCCC1N1CCN2CCCCC2C1. The number of piperidine rings is 1. The quantitative estimate of drug-likeness (QED) is 0.804. The van der Waals surface area contributed by atoms with Crippen LogP contribution < -0.4 is 5.32 Å². The summed E-state index contributed by atoms with van der Waals surface area (Å²) in [6, 6.07) is 2.42. The van der Waals surface area contributed by atoms with Crippen molar-refractivity contribution < 1.29 is 0 Å². The van der Waals surface area contributed by atoms with Crippen LogP contribution in [0.25, 0.3) is 0 Å². The predicted molar refractivity (Wildman–Crippen MR) is 89.7 cm³/mol. The number of hydrogen-bond acceptors (Lipinski definition) is 3. The van der Waals surface area contributed by atoms with Gasteiger partial charge in [-0.2, -0.15) is 0 Å². The molecule has 3 rings (SSSR count). The second-order valence-electron chi connectivity index (χ2n) is 7.45. The number of hydrogen-bond donors (Lipinski definition) is 1. The van der Waals surface area contributed by atoms with Gasteiger partial charge in [-0.1, -0.05) is 32.6 Å². The van der Waals surface area contributed by atoms with E-state index < -0.39 is 0 Å². The molecule has 0 radical (unpaired) electrons. The fourth-order valence-corrected chi connectivity index (χ4v) is 4.77. The van der Waals surface area contributed by atoms with Crippen molar-refractivity contribution in [1.29, 1.82) is 0 Å². The van der Waals surface area contributed by atoms with Crippen molar-refractivity contribution in [3.05, 3.63) is 0 Å². The Balaban J connectivity index is 1.61. The van der Waals surface area contributed by atoms with Crippen molar-refractivity contribution in [2.45, 2.75) is 82.8 Å². The van der Waals surface area contributed by atoms with E-state index in [0.29, 0.717) is 0 Å². The maximum absolute atomic E-state index is 3.88. The molecule has 3 heteroatoms. The third-order valence-electron chi connectivity index (χ3n) is 5.97. The van der Waals surface area contributed by atoms with Crippen LogP contribution in [0.5, 0.6) is 0 Å². The highest BCUT2D eigenvalue weighted by Crippen LogP contribution is 2.27. The lowest BCUT2D eigenvalue weighted by atomic mass is 9.95. The Kier molecular flexibility index (Phi) is 5.96. The zero-order valence-electron chi connectivity index (χ0n) is 14.0. The van der Waals surface area contributed by atoms with Gasteiger partial charge in [-0.3, -0.25) is 9.80 Å². The van der Waals surface area contributed by atoms with Crippen LogP contribution >= 0.6 is 0 Å². The number of rotatable bonds is 4. The highest BCUT2D eigenvalue weighted by molar-refractivity contribution is 4.93. The molecule has 2 aliphatic heterocycles. The molecule has 2 heterocycles. The van der Waals surface area contributed by atoms with E-state index in [1.54, 1.807) is 0 Å². The molecule has 21 heavy (non-hydrogen) atoms. The van der Waals surface area contributed by atoms with Crippen LogP contribution in [0.3, 0.4) is 0 Å². The molecule has 0 spiro atoms. The van der Waals surface area contributed by atoms with Crippen LogP contribution in [0.4, 0.5) is 0 Å². The van der Waals surface area contributed by atoms with Gasteiger partial charge in [0.2, 0.25) is 0 Å². The van der Waals surface area contributed by atoms with Crippen molar-refractivity contribution >= 4 is 0 Å². The van der Waals surface area contributed by atoms with Gasteiger partial charge < -0.3 is 5.32 Å². The summed E-state index contributed by atoms with van der Waals surface area (Å²) in [5.41, 5.74) is 0. The summed E-state index contributed by atoms with van der Waals surface area (Å²) >= 11 is 0. The van der Waals surface area contributed by atoms with Crippen LogP contribution in [-0.2, 0) is 0 Å². The number of nitrogens with one attached hydrogen (secondary N) is 1. The summed E-state index contributed by atoms with van der Waals surface area (Å²) in [6.07, 6.45) is 12.7. The first kappa shape index (κ1) is 15.8. The van der Waals surface area contributed by atoms with Gasteiger partial charge in [-0.25, -0.2) is 0 Å². The summed E-state index contributed by atoms with van der Waals surface area (Å²) in [6.45, 7) is 8.83. The number of fused-ring (bicyclic) bond motifs is 1. The van der Waals surface area contributed by atoms with E-state index in [0.717, 1.165) is 18.1 Å². The van der Waals surface area contributed by atoms with Gasteiger partial charge in [0.1, 0.15) is 0 Å². The van der Waals surface area contributed by atoms with Crippen molar-refractivity contribution in [1.82, 2.24) is 15.1 Å². The summed E-state index contributed by atoms with van der Waals surface area (Å²) in [4.78, 5) is 5.64. The smallest absolute Gasteiger partial charge is 0.0250 e.